The van der Waals surface area contributed by atoms with Crippen LogP contribution in [0.5, 0.6) is 0 Å². The van der Waals surface area contributed by atoms with Gasteiger partial charge in [0.1, 0.15) is 6.54 Å². The van der Waals surface area contributed by atoms with Gasteiger partial charge in [0, 0.05) is 7.05 Å². The van der Waals surface area contributed by atoms with Crippen LogP contribution in [0.3, 0.4) is 0 Å². The van der Waals surface area contributed by atoms with Gasteiger partial charge in [-0.15, -0.1) is 4.91 Å². The highest BCUT2D eigenvalue weighted by molar-refractivity contribution is 5.81. The van der Waals surface area contributed by atoms with Gasteiger partial charge < -0.3 is 10.0 Å². The van der Waals surface area contributed by atoms with E-state index in [1.165, 1.54) is 7.05 Å². The van der Waals surface area contributed by atoms with Gasteiger partial charge in [-0.2, -0.15) is 0 Å². The number of carboxylic acid groups (broad SMARTS) is 1. The zero-order chi connectivity index (χ0) is 8.85. The summed E-state index contributed by atoms with van der Waals surface area (Å²) in [6.45, 7) is -0.346. The first-order chi connectivity index (χ1) is 5.07. The van der Waals surface area contributed by atoms with Gasteiger partial charge >= 0.3 is 5.97 Å². The smallest absolute Gasteiger partial charge is 0.323 e. The van der Waals surface area contributed by atoms with Crippen LogP contribution < -0.4 is 5.43 Å². The number of hydrogen-bond acceptors (Lipinski definition) is 4. The lowest BCUT2D eigenvalue weighted by Gasteiger charge is -2.14. The molecule has 0 bridgehead atoms. The van der Waals surface area contributed by atoms with Gasteiger partial charge in [0.25, 0.3) is 0 Å². The molecule has 0 heterocycles. The Morgan fingerprint density at radius 3 is 2.73 bits per heavy atom. The SMILES string of the molecule is CN(CC(=O)O)C(=N)NN=O. The minimum Gasteiger partial charge on any atom is -0.480 e. The normalized spacial score (nSPS) is 8.45. The van der Waals surface area contributed by atoms with Crippen molar-refractivity contribution in [3.8, 4) is 0 Å². The Hall–Kier alpha value is -1.66. The quantitative estimate of drug-likeness (QED) is 0.217. The van der Waals surface area contributed by atoms with E-state index in [4.69, 9.17) is 10.5 Å². The number of guanidine groups is 1. The maximum Gasteiger partial charge on any atom is 0.323 e. The molecule has 11 heavy (non-hydrogen) atoms. The predicted octanol–water partition coefficient (Wildman–Crippen LogP) is -0.791. The van der Waals surface area contributed by atoms with Crippen molar-refractivity contribution in [2.24, 2.45) is 5.29 Å². The van der Waals surface area contributed by atoms with Crippen LogP contribution in [0.1, 0.15) is 0 Å². The molecule has 0 aliphatic rings. The van der Waals surface area contributed by atoms with Gasteiger partial charge in [-0.1, -0.05) is 0 Å². The lowest BCUT2D eigenvalue weighted by Crippen LogP contribution is -2.38. The number of carboxylic acids is 1. The average molecular weight is 160 g/mol. The standard InChI is InChI=1S/C4H8N4O3/c1-8(2-3(9)10)4(5)6-7-11/h2H2,1H3,(H,9,10)(H2,5,6,11). The molecule has 0 aromatic rings. The topological polar surface area (TPSA) is 106 Å². The van der Waals surface area contributed by atoms with Crippen molar-refractivity contribution in [1.29, 1.82) is 5.41 Å². The van der Waals surface area contributed by atoms with E-state index in [0.29, 0.717) is 0 Å². The van der Waals surface area contributed by atoms with E-state index in [9.17, 15) is 9.70 Å². The number of nitrogens with zero attached hydrogens (tertiary/aromatic N) is 2. The molecular weight excluding hydrogens is 152 g/mol. The minimum absolute atomic E-state index is 0.345. The molecule has 0 unspecified atom stereocenters. The second-order valence-corrected chi connectivity index (χ2v) is 1.80. The number of nitroso groups, excluding NO2 is 1. The van der Waals surface area contributed by atoms with Crippen LogP contribution in [0.2, 0.25) is 0 Å². The fraction of sp³-hybridized carbons (Fsp3) is 0.500. The van der Waals surface area contributed by atoms with Gasteiger partial charge in [-0.05, 0) is 0 Å². The molecular formula is C4H8N4O3. The van der Waals surface area contributed by atoms with Crippen molar-refractivity contribution in [2.45, 2.75) is 0 Å². The summed E-state index contributed by atoms with van der Waals surface area (Å²) in [5.74, 6) is -1.42. The Balaban J connectivity index is 3.81. The first-order valence-corrected chi connectivity index (χ1v) is 2.67. The lowest BCUT2D eigenvalue weighted by atomic mass is 10.6. The fourth-order valence-electron chi connectivity index (χ4n) is 0.411. The molecule has 0 amide bonds. The number of carbonyl (C=O) groups is 1. The van der Waals surface area contributed by atoms with Crippen molar-refractivity contribution in [2.75, 3.05) is 13.6 Å². The highest BCUT2D eigenvalue weighted by Gasteiger charge is 2.07. The number of aliphatic carboxylic acids is 1. The summed E-state index contributed by atoms with van der Waals surface area (Å²) in [5.41, 5.74) is 1.77. The van der Waals surface area contributed by atoms with Gasteiger partial charge in [0.2, 0.25) is 5.96 Å². The number of hydrogen-bond donors (Lipinski definition) is 3. The van der Waals surface area contributed by atoms with Crippen LogP contribution in [-0.2, 0) is 4.79 Å². The minimum atomic E-state index is -1.08. The summed E-state index contributed by atoms with van der Waals surface area (Å²) >= 11 is 0. The Morgan fingerprint density at radius 2 is 2.36 bits per heavy atom. The Morgan fingerprint density at radius 1 is 1.82 bits per heavy atom. The van der Waals surface area contributed by atoms with Crippen LogP contribution in [0, 0.1) is 10.3 Å². The molecule has 0 aromatic heterocycles. The van der Waals surface area contributed by atoms with E-state index in [-0.39, 0.29) is 12.5 Å². The van der Waals surface area contributed by atoms with E-state index in [1.54, 1.807) is 5.43 Å². The van der Waals surface area contributed by atoms with Crippen molar-refractivity contribution in [1.82, 2.24) is 10.3 Å². The highest BCUT2D eigenvalue weighted by atomic mass is 16.4. The maximum absolute atomic E-state index is 10.0. The van der Waals surface area contributed by atoms with Crippen molar-refractivity contribution in [3.63, 3.8) is 0 Å². The second-order valence-electron chi connectivity index (χ2n) is 1.80. The predicted molar refractivity (Wildman–Crippen MR) is 36.9 cm³/mol. The van der Waals surface area contributed by atoms with Crippen LogP contribution >= 0.6 is 0 Å². The Kier molecular flexibility index (Phi) is 3.57. The third-order valence-electron chi connectivity index (χ3n) is 0.906. The zero-order valence-corrected chi connectivity index (χ0v) is 5.87. The summed E-state index contributed by atoms with van der Waals surface area (Å²) in [6.07, 6.45) is 0. The third kappa shape index (κ3) is 3.84. The molecule has 0 aliphatic heterocycles. The molecule has 0 fully saturated rings. The first kappa shape index (κ1) is 9.34. The van der Waals surface area contributed by atoms with Crippen molar-refractivity contribution < 1.29 is 9.90 Å². The van der Waals surface area contributed by atoms with E-state index in [2.05, 4.69) is 5.29 Å². The Bertz CT molecular complexity index is 180. The first-order valence-electron chi connectivity index (χ1n) is 2.67. The van der Waals surface area contributed by atoms with Gasteiger partial charge in [0.15, 0.2) is 0 Å². The molecule has 0 aliphatic carbocycles. The molecule has 0 spiro atoms. The number of likely N-dealkylation sites (N-methyl/N-ethyl adjacent to an activating group) is 1. The fourth-order valence-corrected chi connectivity index (χ4v) is 0.411. The van der Waals surface area contributed by atoms with E-state index < -0.39 is 5.97 Å². The highest BCUT2D eigenvalue weighted by Crippen LogP contribution is 1.80. The van der Waals surface area contributed by atoms with Crippen LogP contribution in [0.4, 0.5) is 0 Å². The molecule has 0 aromatic carbocycles. The Labute approximate surface area is 62.4 Å². The maximum atomic E-state index is 10.0. The molecule has 0 atom stereocenters. The number of nitrogens with one attached hydrogen (secondary N) is 2. The molecule has 0 radical (unpaired) electrons. The average Bonchev–Trinajstić information content (AvgIpc) is 1.86. The molecule has 62 valence electrons. The molecule has 0 rings (SSSR count). The summed E-state index contributed by atoms with van der Waals surface area (Å²) in [4.78, 5) is 20.6. The van der Waals surface area contributed by atoms with E-state index in [0.717, 1.165) is 4.90 Å². The van der Waals surface area contributed by atoms with Gasteiger partial charge in [-0.25, -0.2) is 5.43 Å². The summed E-state index contributed by atoms with van der Waals surface area (Å²) in [6, 6.07) is 0. The summed E-state index contributed by atoms with van der Waals surface area (Å²) in [5, 5.41) is 17.4. The monoisotopic (exact) mass is 160 g/mol. The largest absolute Gasteiger partial charge is 0.480 e. The molecule has 7 heteroatoms. The van der Waals surface area contributed by atoms with Crippen molar-refractivity contribution >= 4 is 11.9 Å². The van der Waals surface area contributed by atoms with Crippen LogP contribution in [0.25, 0.3) is 0 Å². The molecule has 0 saturated heterocycles. The van der Waals surface area contributed by atoms with Gasteiger partial charge in [-0.3, -0.25) is 10.2 Å². The second kappa shape index (κ2) is 4.20. The molecule has 3 N–H and O–H groups in total. The van der Waals surface area contributed by atoms with Crippen LogP contribution in [0.15, 0.2) is 5.29 Å². The van der Waals surface area contributed by atoms with Crippen LogP contribution in [-0.4, -0.2) is 35.5 Å². The van der Waals surface area contributed by atoms with E-state index in [1.807, 2.05) is 0 Å². The third-order valence-corrected chi connectivity index (χ3v) is 0.906. The number of rotatable bonds is 3. The summed E-state index contributed by atoms with van der Waals surface area (Å²) < 4.78 is 0. The van der Waals surface area contributed by atoms with Crippen molar-refractivity contribution in [3.05, 3.63) is 4.91 Å². The molecule has 0 saturated carbocycles. The summed E-state index contributed by atoms with van der Waals surface area (Å²) in [7, 11) is 1.36. The van der Waals surface area contributed by atoms with Gasteiger partial charge in [0.05, 0.1) is 5.29 Å². The van der Waals surface area contributed by atoms with E-state index >= 15 is 0 Å². The molecule has 7 nitrogen and oxygen atoms in total. The zero-order valence-electron chi connectivity index (χ0n) is 5.87. The lowest BCUT2D eigenvalue weighted by molar-refractivity contribution is -0.137.